The lowest BCUT2D eigenvalue weighted by atomic mass is 10.0. The van der Waals surface area contributed by atoms with Crippen LogP contribution in [-0.2, 0) is 9.59 Å². The molecule has 0 fully saturated rings. The van der Waals surface area contributed by atoms with Crippen LogP contribution in [0.3, 0.4) is 0 Å². The highest BCUT2D eigenvalue weighted by molar-refractivity contribution is 6.35. The highest BCUT2D eigenvalue weighted by Crippen LogP contribution is 2.30. The molecule has 5 nitrogen and oxygen atoms in total. The van der Waals surface area contributed by atoms with E-state index in [1.165, 1.54) is 7.05 Å². The summed E-state index contributed by atoms with van der Waals surface area (Å²) >= 11 is 0. The summed E-state index contributed by atoms with van der Waals surface area (Å²) < 4.78 is 0. The molecule has 0 spiro atoms. The molecule has 2 amide bonds. The predicted molar refractivity (Wildman–Crippen MR) is 75.6 cm³/mol. The van der Waals surface area contributed by atoms with Gasteiger partial charge in [0.05, 0.1) is 12.2 Å². The summed E-state index contributed by atoms with van der Waals surface area (Å²) in [4.78, 5) is 27.2. The molecule has 0 aliphatic carbocycles. The minimum atomic E-state index is -0.332. The van der Waals surface area contributed by atoms with E-state index in [9.17, 15) is 9.59 Å². The van der Waals surface area contributed by atoms with Gasteiger partial charge in [-0.1, -0.05) is 29.8 Å². The van der Waals surface area contributed by atoms with Gasteiger partial charge >= 0.3 is 0 Å². The Bertz CT molecular complexity index is 575. The van der Waals surface area contributed by atoms with E-state index in [4.69, 9.17) is 5.11 Å². The van der Waals surface area contributed by atoms with E-state index in [2.05, 4.69) is 0 Å². The second-order valence-corrected chi connectivity index (χ2v) is 4.90. The van der Waals surface area contributed by atoms with Gasteiger partial charge in [-0.3, -0.25) is 14.5 Å². The Balaban J connectivity index is 2.54. The Morgan fingerprint density at radius 2 is 1.75 bits per heavy atom. The molecule has 5 heteroatoms. The molecule has 0 atom stereocenters. The Morgan fingerprint density at radius 3 is 2.30 bits per heavy atom. The first-order valence-electron chi connectivity index (χ1n) is 6.43. The summed E-state index contributed by atoms with van der Waals surface area (Å²) in [5.41, 5.74) is 2.55. The topological polar surface area (TPSA) is 60.9 Å². The summed E-state index contributed by atoms with van der Waals surface area (Å²) in [6, 6.07) is 7.48. The van der Waals surface area contributed by atoms with E-state index >= 15 is 0 Å². The summed E-state index contributed by atoms with van der Waals surface area (Å²) in [6.07, 6.45) is 0. The molecule has 0 saturated heterocycles. The Morgan fingerprint density at radius 1 is 1.15 bits per heavy atom. The molecular weight excluding hydrogens is 256 g/mol. The van der Waals surface area contributed by atoms with Crippen molar-refractivity contribution >= 4 is 17.4 Å². The number of carbonyl (C=O) groups is 2. The van der Waals surface area contributed by atoms with Crippen LogP contribution in [-0.4, -0.2) is 54.0 Å². The quantitative estimate of drug-likeness (QED) is 0.818. The Hall–Kier alpha value is -2.14. The number of aliphatic hydroxyl groups excluding tert-OH is 1. The van der Waals surface area contributed by atoms with E-state index in [0.717, 1.165) is 16.0 Å². The second kappa shape index (κ2) is 5.46. The first kappa shape index (κ1) is 14.3. The SMILES string of the molecule is Cc1ccc(C2=C(N(C)CCO)C(=O)N(C)C2=O)cc1. The molecule has 1 heterocycles. The van der Waals surface area contributed by atoms with Crippen molar-refractivity contribution in [2.24, 2.45) is 0 Å². The van der Waals surface area contributed by atoms with Gasteiger partial charge in [0.2, 0.25) is 0 Å². The third-order valence-electron chi connectivity index (χ3n) is 3.42. The van der Waals surface area contributed by atoms with Gasteiger partial charge in [0.25, 0.3) is 11.8 Å². The van der Waals surface area contributed by atoms with Crippen molar-refractivity contribution in [2.45, 2.75) is 6.92 Å². The molecule has 2 rings (SSSR count). The van der Waals surface area contributed by atoms with Gasteiger partial charge in [0.15, 0.2) is 0 Å². The van der Waals surface area contributed by atoms with Crippen molar-refractivity contribution in [2.75, 3.05) is 27.2 Å². The molecule has 0 bridgehead atoms. The van der Waals surface area contributed by atoms with E-state index < -0.39 is 0 Å². The maximum Gasteiger partial charge on any atom is 0.277 e. The van der Waals surface area contributed by atoms with Crippen LogP contribution in [0.2, 0.25) is 0 Å². The number of nitrogens with zero attached hydrogens (tertiary/aromatic N) is 2. The zero-order valence-corrected chi connectivity index (χ0v) is 11.9. The Labute approximate surface area is 118 Å². The van der Waals surface area contributed by atoms with Crippen molar-refractivity contribution < 1.29 is 14.7 Å². The van der Waals surface area contributed by atoms with Gasteiger partial charge in [0.1, 0.15) is 5.70 Å². The molecule has 1 aromatic rings. The third kappa shape index (κ3) is 2.32. The maximum absolute atomic E-state index is 12.3. The number of rotatable bonds is 4. The number of likely N-dealkylation sites (N-methyl/N-ethyl adjacent to an activating group) is 2. The highest BCUT2D eigenvalue weighted by Gasteiger charge is 2.38. The highest BCUT2D eigenvalue weighted by atomic mass is 16.3. The van der Waals surface area contributed by atoms with Gasteiger partial charge in [0, 0.05) is 20.6 Å². The number of benzene rings is 1. The van der Waals surface area contributed by atoms with Crippen molar-refractivity contribution in [1.29, 1.82) is 0 Å². The van der Waals surface area contributed by atoms with Gasteiger partial charge in [-0.15, -0.1) is 0 Å². The molecule has 0 unspecified atom stereocenters. The zero-order chi connectivity index (χ0) is 14.9. The number of carbonyl (C=O) groups excluding carboxylic acids is 2. The lowest BCUT2D eigenvalue weighted by Crippen LogP contribution is -2.31. The molecule has 1 N–H and O–H groups in total. The van der Waals surface area contributed by atoms with Gasteiger partial charge in [-0.05, 0) is 12.5 Å². The van der Waals surface area contributed by atoms with Crippen LogP contribution in [0, 0.1) is 6.92 Å². The minimum absolute atomic E-state index is 0.0770. The summed E-state index contributed by atoms with van der Waals surface area (Å²) in [5.74, 6) is -0.639. The third-order valence-corrected chi connectivity index (χ3v) is 3.42. The van der Waals surface area contributed by atoms with Crippen LogP contribution >= 0.6 is 0 Å². The fraction of sp³-hybridized carbons (Fsp3) is 0.333. The number of hydrogen-bond acceptors (Lipinski definition) is 4. The largest absolute Gasteiger partial charge is 0.395 e. The summed E-state index contributed by atoms with van der Waals surface area (Å²) in [6.45, 7) is 2.19. The molecule has 0 saturated carbocycles. The van der Waals surface area contributed by atoms with E-state index in [-0.39, 0.29) is 18.4 Å². The van der Waals surface area contributed by atoms with Gasteiger partial charge in [-0.25, -0.2) is 0 Å². The van der Waals surface area contributed by atoms with E-state index in [1.807, 2.05) is 31.2 Å². The molecule has 0 aromatic heterocycles. The zero-order valence-electron chi connectivity index (χ0n) is 11.9. The van der Waals surface area contributed by atoms with Crippen LogP contribution < -0.4 is 0 Å². The molecule has 1 aliphatic rings. The molecule has 20 heavy (non-hydrogen) atoms. The lowest BCUT2D eigenvalue weighted by molar-refractivity contribution is -0.135. The van der Waals surface area contributed by atoms with Gasteiger partial charge < -0.3 is 10.0 Å². The summed E-state index contributed by atoms with van der Waals surface area (Å²) in [5, 5.41) is 9.03. The normalized spacial score (nSPS) is 15.3. The van der Waals surface area contributed by atoms with Crippen molar-refractivity contribution in [3.05, 3.63) is 41.1 Å². The monoisotopic (exact) mass is 274 g/mol. The number of aliphatic hydroxyl groups is 1. The number of imide groups is 1. The van der Waals surface area contributed by atoms with Crippen molar-refractivity contribution in [3.8, 4) is 0 Å². The molecule has 0 radical (unpaired) electrons. The first-order valence-corrected chi connectivity index (χ1v) is 6.43. The average molecular weight is 274 g/mol. The fourth-order valence-electron chi connectivity index (χ4n) is 2.22. The smallest absolute Gasteiger partial charge is 0.277 e. The van der Waals surface area contributed by atoms with Crippen LogP contribution in [0.5, 0.6) is 0 Å². The van der Waals surface area contributed by atoms with Crippen LogP contribution in [0.25, 0.3) is 5.57 Å². The van der Waals surface area contributed by atoms with Crippen LogP contribution in [0.1, 0.15) is 11.1 Å². The van der Waals surface area contributed by atoms with Crippen molar-refractivity contribution in [1.82, 2.24) is 9.80 Å². The number of hydrogen-bond donors (Lipinski definition) is 1. The lowest BCUT2D eigenvalue weighted by Gasteiger charge is -2.19. The predicted octanol–water partition coefficient (Wildman–Crippen LogP) is 0.629. The molecule has 1 aromatic carbocycles. The van der Waals surface area contributed by atoms with Crippen LogP contribution in [0.4, 0.5) is 0 Å². The second-order valence-electron chi connectivity index (χ2n) is 4.90. The number of aryl methyl sites for hydroxylation is 1. The standard InChI is InChI=1S/C15H18N2O3/c1-10-4-6-11(7-5-10)12-13(16(2)8-9-18)15(20)17(3)14(12)19/h4-7,18H,8-9H2,1-3H3. The fourth-order valence-corrected chi connectivity index (χ4v) is 2.22. The first-order chi connectivity index (χ1) is 9.47. The number of amides is 2. The maximum atomic E-state index is 12.3. The molecule has 106 valence electrons. The minimum Gasteiger partial charge on any atom is -0.395 e. The van der Waals surface area contributed by atoms with Gasteiger partial charge in [-0.2, -0.15) is 0 Å². The van der Waals surface area contributed by atoms with E-state index in [0.29, 0.717) is 17.8 Å². The molecule has 1 aliphatic heterocycles. The average Bonchev–Trinajstić information content (AvgIpc) is 2.64. The van der Waals surface area contributed by atoms with Crippen molar-refractivity contribution in [3.63, 3.8) is 0 Å². The summed E-state index contributed by atoms with van der Waals surface area (Å²) in [7, 11) is 3.17. The Kier molecular flexibility index (Phi) is 3.90. The molecular formula is C15H18N2O3. The van der Waals surface area contributed by atoms with E-state index in [1.54, 1.807) is 11.9 Å². The van der Waals surface area contributed by atoms with Crippen LogP contribution in [0.15, 0.2) is 30.0 Å².